The molecule has 2 aromatic rings. The maximum absolute atomic E-state index is 12.3. The predicted molar refractivity (Wildman–Crippen MR) is 75.9 cm³/mol. The molecule has 2 aromatic heterocycles. The highest BCUT2D eigenvalue weighted by molar-refractivity contribution is 7.14. The van der Waals surface area contributed by atoms with Gasteiger partial charge in [0.25, 0.3) is 5.91 Å². The third kappa shape index (κ3) is 3.98. The first kappa shape index (κ1) is 16.3. The van der Waals surface area contributed by atoms with Crippen molar-refractivity contribution in [2.24, 2.45) is 0 Å². The number of thiazole rings is 1. The maximum atomic E-state index is 12.3. The number of aromatic nitrogens is 1. The number of hydrogen-bond donors (Lipinski definition) is 2. The molecule has 0 unspecified atom stereocenters. The van der Waals surface area contributed by atoms with Crippen molar-refractivity contribution >= 4 is 34.6 Å². The number of hydrogen-bond acceptors (Lipinski definition) is 6. The lowest BCUT2D eigenvalue weighted by atomic mass is 10.3. The monoisotopic (exact) mass is 348 g/mol. The minimum absolute atomic E-state index is 0.00183. The van der Waals surface area contributed by atoms with Crippen LogP contribution in [0, 0.1) is 6.92 Å². The molecule has 0 fully saturated rings. The van der Waals surface area contributed by atoms with E-state index in [9.17, 15) is 18.4 Å². The molecule has 0 saturated heterocycles. The minimum atomic E-state index is -3.02. The molecule has 0 aromatic carbocycles. The second-order valence-electron chi connectivity index (χ2n) is 4.04. The van der Waals surface area contributed by atoms with Crippen LogP contribution in [0.4, 0.5) is 8.78 Å². The number of carbonyl (C=O) groups is 2. The molecule has 0 spiro atoms. The Kier molecular flexibility index (Phi) is 5.03. The molecular formula is C12H10F2N2O4S2. The van der Waals surface area contributed by atoms with E-state index >= 15 is 0 Å². The number of carboxylic acids is 1. The highest BCUT2D eigenvalue weighted by atomic mass is 32.1. The van der Waals surface area contributed by atoms with Crippen molar-refractivity contribution in [3.05, 3.63) is 31.9 Å². The summed E-state index contributed by atoms with van der Waals surface area (Å²) < 4.78 is 28.9. The van der Waals surface area contributed by atoms with E-state index in [0.717, 1.165) is 22.7 Å². The van der Waals surface area contributed by atoms with E-state index < -0.39 is 18.5 Å². The smallest absolute Gasteiger partial charge is 0.387 e. The fraction of sp³-hybridized carbons (Fsp3) is 0.250. The Morgan fingerprint density at radius 2 is 2.23 bits per heavy atom. The molecule has 0 aliphatic carbocycles. The van der Waals surface area contributed by atoms with Crippen LogP contribution in [0.2, 0.25) is 0 Å². The Balaban J connectivity index is 2.04. The lowest BCUT2D eigenvalue weighted by Crippen LogP contribution is -2.22. The summed E-state index contributed by atoms with van der Waals surface area (Å²) in [6, 6.07) is 1.36. The Morgan fingerprint density at radius 1 is 1.50 bits per heavy atom. The zero-order chi connectivity index (χ0) is 16.3. The number of aromatic carboxylic acids is 1. The number of rotatable bonds is 6. The van der Waals surface area contributed by atoms with Crippen LogP contribution >= 0.6 is 22.7 Å². The summed E-state index contributed by atoms with van der Waals surface area (Å²) >= 11 is 2.11. The van der Waals surface area contributed by atoms with Crippen LogP contribution in [-0.2, 0) is 6.54 Å². The van der Waals surface area contributed by atoms with Gasteiger partial charge in [-0.05, 0) is 13.0 Å². The van der Waals surface area contributed by atoms with Gasteiger partial charge in [0.2, 0.25) is 0 Å². The number of amides is 1. The van der Waals surface area contributed by atoms with E-state index in [1.54, 1.807) is 6.92 Å². The number of nitrogens with one attached hydrogen (secondary N) is 1. The van der Waals surface area contributed by atoms with E-state index in [1.165, 1.54) is 11.4 Å². The zero-order valence-corrected chi connectivity index (χ0v) is 12.8. The average Bonchev–Trinajstić information content (AvgIpc) is 3.02. The van der Waals surface area contributed by atoms with Gasteiger partial charge in [-0.3, -0.25) is 4.79 Å². The molecule has 0 radical (unpaired) electrons. The molecule has 10 heteroatoms. The Hall–Kier alpha value is -2.07. The highest BCUT2D eigenvalue weighted by Crippen LogP contribution is 2.30. The van der Waals surface area contributed by atoms with E-state index in [0.29, 0.717) is 9.88 Å². The van der Waals surface area contributed by atoms with E-state index in [4.69, 9.17) is 5.11 Å². The first-order chi connectivity index (χ1) is 10.4. The van der Waals surface area contributed by atoms with Gasteiger partial charge in [-0.15, -0.1) is 22.7 Å². The first-order valence-electron chi connectivity index (χ1n) is 5.88. The lowest BCUT2D eigenvalue weighted by Gasteiger charge is -2.05. The van der Waals surface area contributed by atoms with Crippen molar-refractivity contribution < 1.29 is 28.2 Å². The molecule has 0 aliphatic rings. The van der Waals surface area contributed by atoms with Crippen molar-refractivity contribution in [1.29, 1.82) is 0 Å². The molecule has 2 heterocycles. The van der Waals surface area contributed by atoms with Crippen molar-refractivity contribution in [1.82, 2.24) is 10.3 Å². The van der Waals surface area contributed by atoms with Crippen molar-refractivity contribution in [3.8, 4) is 5.75 Å². The van der Waals surface area contributed by atoms with E-state index in [1.807, 2.05) is 0 Å². The Labute approximate surface area is 131 Å². The van der Waals surface area contributed by atoms with Crippen LogP contribution in [0.25, 0.3) is 0 Å². The molecule has 22 heavy (non-hydrogen) atoms. The SMILES string of the molecule is Cc1cc(OC(F)F)c(C(=O)NCc2nc(C(=O)O)cs2)s1. The third-order valence-corrected chi connectivity index (χ3v) is 4.29. The van der Waals surface area contributed by atoms with Gasteiger partial charge in [0.05, 0.1) is 6.54 Å². The number of carboxylic acid groups (broad SMARTS) is 1. The predicted octanol–water partition coefficient (Wildman–Crippen LogP) is 2.74. The zero-order valence-electron chi connectivity index (χ0n) is 11.1. The summed E-state index contributed by atoms with van der Waals surface area (Å²) in [5.41, 5.74) is -0.108. The van der Waals surface area contributed by atoms with E-state index in [-0.39, 0.29) is 22.9 Å². The van der Waals surface area contributed by atoms with Crippen molar-refractivity contribution in [3.63, 3.8) is 0 Å². The molecule has 118 valence electrons. The van der Waals surface area contributed by atoms with Gasteiger partial charge < -0.3 is 15.2 Å². The normalized spacial score (nSPS) is 10.7. The fourth-order valence-electron chi connectivity index (χ4n) is 1.56. The number of aryl methyl sites for hydroxylation is 1. The summed E-state index contributed by atoms with van der Waals surface area (Å²) in [7, 11) is 0. The van der Waals surface area contributed by atoms with Gasteiger partial charge >= 0.3 is 12.6 Å². The Bertz CT molecular complexity index is 699. The van der Waals surface area contributed by atoms with Gasteiger partial charge in [0.1, 0.15) is 15.6 Å². The fourth-order valence-corrected chi connectivity index (χ4v) is 3.13. The van der Waals surface area contributed by atoms with Gasteiger partial charge in [-0.2, -0.15) is 8.78 Å². The van der Waals surface area contributed by atoms with Gasteiger partial charge in [0, 0.05) is 10.3 Å². The molecule has 0 saturated carbocycles. The summed E-state index contributed by atoms with van der Waals surface area (Å²) in [6.07, 6.45) is 0. The number of ether oxygens (including phenoxy) is 1. The largest absolute Gasteiger partial charge is 0.476 e. The number of carbonyl (C=O) groups excluding carboxylic acids is 1. The van der Waals surface area contributed by atoms with Crippen LogP contribution in [0.1, 0.15) is 30.0 Å². The summed E-state index contributed by atoms with van der Waals surface area (Å²) in [6.45, 7) is -1.35. The quantitative estimate of drug-likeness (QED) is 0.838. The molecule has 2 N–H and O–H groups in total. The molecule has 1 amide bonds. The topological polar surface area (TPSA) is 88.5 Å². The second kappa shape index (κ2) is 6.79. The number of nitrogens with zero attached hydrogens (tertiary/aromatic N) is 1. The molecular weight excluding hydrogens is 338 g/mol. The van der Waals surface area contributed by atoms with Crippen LogP contribution in [0.5, 0.6) is 5.75 Å². The second-order valence-corrected chi connectivity index (χ2v) is 6.24. The summed E-state index contributed by atoms with van der Waals surface area (Å²) in [5, 5.41) is 13.0. The van der Waals surface area contributed by atoms with Crippen LogP contribution in [0.3, 0.4) is 0 Å². The molecule has 0 bridgehead atoms. The summed E-state index contributed by atoms with van der Waals surface area (Å²) in [4.78, 5) is 27.2. The molecule has 6 nitrogen and oxygen atoms in total. The maximum Gasteiger partial charge on any atom is 0.387 e. The highest BCUT2D eigenvalue weighted by Gasteiger charge is 2.19. The number of thiophene rings is 1. The van der Waals surface area contributed by atoms with Crippen LogP contribution < -0.4 is 10.1 Å². The summed E-state index contributed by atoms with van der Waals surface area (Å²) in [5.74, 6) is -1.92. The number of halogens is 2. The average molecular weight is 348 g/mol. The first-order valence-corrected chi connectivity index (χ1v) is 7.57. The standard InChI is InChI=1S/C12H10F2N2O4S2/c1-5-2-7(20-12(13)14)9(22-5)10(17)15-3-8-16-6(4-21-8)11(18)19/h2,4,12H,3H2,1H3,(H,15,17)(H,18,19). The van der Waals surface area contributed by atoms with Gasteiger partial charge in [-0.25, -0.2) is 9.78 Å². The molecule has 2 rings (SSSR count). The molecule has 0 aliphatic heterocycles. The minimum Gasteiger partial charge on any atom is -0.476 e. The van der Waals surface area contributed by atoms with Gasteiger partial charge in [0.15, 0.2) is 5.69 Å². The number of alkyl halides is 2. The molecule has 0 atom stereocenters. The third-order valence-electron chi connectivity index (χ3n) is 2.41. The van der Waals surface area contributed by atoms with Crippen LogP contribution in [0.15, 0.2) is 11.4 Å². The van der Waals surface area contributed by atoms with Gasteiger partial charge in [-0.1, -0.05) is 0 Å². The van der Waals surface area contributed by atoms with Crippen molar-refractivity contribution in [2.45, 2.75) is 20.1 Å². The lowest BCUT2D eigenvalue weighted by molar-refractivity contribution is -0.0498. The Morgan fingerprint density at radius 3 is 2.82 bits per heavy atom. The van der Waals surface area contributed by atoms with Crippen molar-refractivity contribution in [2.75, 3.05) is 0 Å². The van der Waals surface area contributed by atoms with Crippen LogP contribution in [-0.4, -0.2) is 28.6 Å². The van der Waals surface area contributed by atoms with E-state index in [2.05, 4.69) is 15.0 Å².